The van der Waals surface area contributed by atoms with Crippen molar-refractivity contribution in [3.05, 3.63) is 40.1 Å². The predicted octanol–water partition coefficient (Wildman–Crippen LogP) is 5.37. The number of hydrogen-bond acceptors (Lipinski definition) is 5. The molecular weight excluding hydrogens is 341 g/mol. The van der Waals surface area contributed by atoms with Gasteiger partial charge in [-0.1, -0.05) is 50.0 Å². The molecule has 0 fully saturated rings. The fraction of sp³-hybridized carbons (Fsp3) is 0.267. The summed E-state index contributed by atoms with van der Waals surface area (Å²) in [4.78, 5) is 12.6. The zero-order chi connectivity index (χ0) is 15.9. The molecule has 0 atom stereocenters. The Morgan fingerprint density at radius 1 is 1.00 bits per heavy atom. The number of aromatic nitrogens is 3. The third kappa shape index (κ3) is 3.37. The largest absolute Gasteiger partial charge is 0.431 e. The number of fused-ring (bicyclic) bond motifs is 1. The van der Waals surface area contributed by atoms with Gasteiger partial charge in [0.05, 0.1) is 0 Å². The second-order valence-corrected chi connectivity index (χ2v) is 7.50. The summed E-state index contributed by atoms with van der Waals surface area (Å²) in [6.45, 7) is 6.48. The van der Waals surface area contributed by atoms with Gasteiger partial charge in [-0.15, -0.1) is 0 Å². The lowest BCUT2D eigenvalue weighted by Crippen LogP contribution is -2.10. The molecule has 0 aliphatic carbocycles. The first-order valence-corrected chi connectivity index (χ1v) is 8.17. The first kappa shape index (κ1) is 15.6. The maximum Gasteiger partial charge on any atom is 0.264 e. The summed E-state index contributed by atoms with van der Waals surface area (Å²) in [6, 6.07) is 7.50. The first-order chi connectivity index (χ1) is 10.3. The van der Waals surface area contributed by atoms with Crippen LogP contribution in [-0.4, -0.2) is 15.0 Å². The Bertz CT molecular complexity index is 822. The molecule has 0 amide bonds. The zero-order valence-corrected chi connectivity index (χ0v) is 14.6. The van der Waals surface area contributed by atoms with Gasteiger partial charge in [0.25, 0.3) is 5.22 Å². The van der Waals surface area contributed by atoms with Crippen LogP contribution in [0.1, 0.15) is 26.3 Å². The lowest BCUT2D eigenvalue weighted by Gasteiger charge is -2.18. The minimum Gasteiger partial charge on any atom is -0.431 e. The molecule has 1 aromatic carbocycles. The van der Waals surface area contributed by atoms with Gasteiger partial charge in [-0.05, 0) is 23.1 Å². The van der Waals surface area contributed by atoms with E-state index in [9.17, 15) is 0 Å². The van der Waals surface area contributed by atoms with Gasteiger partial charge in [0.2, 0.25) is 0 Å². The van der Waals surface area contributed by atoms with Gasteiger partial charge in [0.1, 0.15) is 15.8 Å². The summed E-state index contributed by atoms with van der Waals surface area (Å²) < 4.78 is 5.71. The van der Waals surface area contributed by atoms with Gasteiger partial charge < -0.3 is 4.42 Å². The number of rotatable bonds is 2. The van der Waals surface area contributed by atoms with Gasteiger partial charge in [0, 0.05) is 17.8 Å². The van der Waals surface area contributed by atoms with Crippen LogP contribution in [0.5, 0.6) is 0 Å². The standard InChI is InChI=1S/C15H13Cl2N3OS/c1-15(2,3)8-4-5-10-9(6-8)18-14(21-10)22-13-19-11(16)7-12(17)20-13/h4-7H,1-3H3. The van der Waals surface area contributed by atoms with Crippen molar-refractivity contribution >= 4 is 46.1 Å². The third-order valence-corrected chi connectivity index (χ3v) is 4.16. The highest BCUT2D eigenvalue weighted by Crippen LogP contribution is 2.31. The van der Waals surface area contributed by atoms with E-state index in [4.69, 9.17) is 27.6 Å². The molecule has 3 aromatic rings. The van der Waals surface area contributed by atoms with Crippen molar-refractivity contribution in [1.82, 2.24) is 15.0 Å². The van der Waals surface area contributed by atoms with Gasteiger partial charge in [-0.25, -0.2) is 15.0 Å². The highest BCUT2D eigenvalue weighted by molar-refractivity contribution is 7.98. The molecule has 0 saturated carbocycles. The van der Waals surface area contributed by atoms with Crippen molar-refractivity contribution in [2.45, 2.75) is 36.6 Å². The molecule has 0 saturated heterocycles. The van der Waals surface area contributed by atoms with Crippen molar-refractivity contribution in [1.29, 1.82) is 0 Å². The number of nitrogens with zero attached hydrogens (tertiary/aromatic N) is 3. The normalized spacial score (nSPS) is 12.0. The van der Waals surface area contributed by atoms with Gasteiger partial charge in [-0.2, -0.15) is 0 Å². The molecule has 114 valence electrons. The topological polar surface area (TPSA) is 51.8 Å². The summed E-state index contributed by atoms with van der Waals surface area (Å²) in [7, 11) is 0. The molecule has 0 aliphatic heterocycles. The summed E-state index contributed by atoms with van der Waals surface area (Å²) in [5.74, 6) is 0. The molecule has 7 heteroatoms. The average molecular weight is 354 g/mol. The fourth-order valence-electron chi connectivity index (χ4n) is 1.91. The lowest BCUT2D eigenvalue weighted by atomic mass is 9.87. The van der Waals surface area contributed by atoms with Gasteiger partial charge in [0.15, 0.2) is 10.7 Å². The van der Waals surface area contributed by atoms with Crippen LogP contribution >= 0.6 is 35.0 Å². The van der Waals surface area contributed by atoms with E-state index in [1.165, 1.54) is 23.4 Å². The molecule has 0 aliphatic rings. The number of oxazole rings is 1. The van der Waals surface area contributed by atoms with Gasteiger partial charge >= 0.3 is 0 Å². The smallest absolute Gasteiger partial charge is 0.264 e. The van der Waals surface area contributed by atoms with Crippen LogP contribution in [-0.2, 0) is 5.41 Å². The summed E-state index contributed by atoms with van der Waals surface area (Å²) in [5.41, 5.74) is 2.79. The van der Waals surface area contributed by atoms with Crippen molar-refractivity contribution in [2.75, 3.05) is 0 Å². The second-order valence-electron chi connectivity index (χ2n) is 5.81. The Balaban J connectivity index is 1.95. The van der Waals surface area contributed by atoms with Crippen LogP contribution in [0.3, 0.4) is 0 Å². The van der Waals surface area contributed by atoms with Crippen LogP contribution in [0.4, 0.5) is 0 Å². The molecule has 0 spiro atoms. The first-order valence-electron chi connectivity index (χ1n) is 6.60. The highest BCUT2D eigenvalue weighted by Gasteiger charge is 2.16. The van der Waals surface area contributed by atoms with E-state index in [1.807, 2.05) is 12.1 Å². The van der Waals surface area contributed by atoms with E-state index in [0.29, 0.717) is 10.4 Å². The SMILES string of the molecule is CC(C)(C)c1ccc2oc(Sc3nc(Cl)cc(Cl)n3)nc2c1. The average Bonchev–Trinajstić information content (AvgIpc) is 2.77. The molecular formula is C15H13Cl2N3OS. The van der Waals surface area contributed by atoms with Crippen LogP contribution in [0.15, 0.2) is 39.1 Å². The Hall–Kier alpha value is -1.30. The van der Waals surface area contributed by atoms with Crippen LogP contribution in [0.25, 0.3) is 11.1 Å². The minimum absolute atomic E-state index is 0.0596. The monoisotopic (exact) mass is 353 g/mol. The van der Waals surface area contributed by atoms with Gasteiger partial charge in [-0.3, -0.25) is 0 Å². The summed E-state index contributed by atoms with van der Waals surface area (Å²) in [6.07, 6.45) is 0. The van der Waals surface area contributed by atoms with E-state index in [0.717, 1.165) is 11.1 Å². The quantitative estimate of drug-likeness (QED) is 0.457. The maximum atomic E-state index is 5.87. The number of hydrogen-bond donors (Lipinski definition) is 0. The van der Waals surface area contributed by atoms with Crippen LogP contribution in [0, 0.1) is 0 Å². The van der Waals surface area contributed by atoms with E-state index in [1.54, 1.807) is 0 Å². The Morgan fingerprint density at radius 3 is 2.32 bits per heavy atom. The maximum absolute atomic E-state index is 5.87. The van der Waals surface area contributed by atoms with E-state index < -0.39 is 0 Å². The fourth-order valence-corrected chi connectivity index (χ4v) is 3.15. The Kier molecular flexibility index (Phi) is 4.05. The van der Waals surface area contributed by atoms with Crippen molar-refractivity contribution in [3.8, 4) is 0 Å². The van der Waals surface area contributed by atoms with E-state index in [2.05, 4.69) is 41.8 Å². The molecule has 3 rings (SSSR count). The second kappa shape index (κ2) is 5.72. The minimum atomic E-state index is 0.0596. The van der Waals surface area contributed by atoms with E-state index in [-0.39, 0.29) is 15.7 Å². The van der Waals surface area contributed by atoms with Crippen molar-refractivity contribution in [3.63, 3.8) is 0 Å². The van der Waals surface area contributed by atoms with Crippen molar-refractivity contribution in [2.24, 2.45) is 0 Å². The molecule has 0 radical (unpaired) electrons. The van der Waals surface area contributed by atoms with Crippen LogP contribution in [0.2, 0.25) is 10.3 Å². The third-order valence-electron chi connectivity index (χ3n) is 3.06. The van der Waals surface area contributed by atoms with E-state index >= 15 is 0 Å². The summed E-state index contributed by atoms with van der Waals surface area (Å²) >= 11 is 12.9. The number of halogens is 2. The summed E-state index contributed by atoms with van der Waals surface area (Å²) in [5, 5.41) is 1.43. The van der Waals surface area contributed by atoms with Crippen LogP contribution < -0.4 is 0 Å². The van der Waals surface area contributed by atoms with Crippen molar-refractivity contribution < 1.29 is 4.42 Å². The Morgan fingerprint density at radius 2 is 1.68 bits per heavy atom. The number of benzene rings is 1. The molecule has 4 nitrogen and oxygen atoms in total. The highest BCUT2D eigenvalue weighted by atomic mass is 35.5. The molecule has 0 bridgehead atoms. The predicted molar refractivity (Wildman–Crippen MR) is 88.9 cm³/mol. The zero-order valence-electron chi connectivity index (χ0n) is 12.2. The molecule has 0 unspecified atom stereocenters. The molecule has 2 heterocycles. The lowest BCUT2D eigenvalue weighted by molar-refractivity contribution is 0.488. The Labute approximate surface area is 142 Å². The molecule has 0 N–H and O–H groups in total. The molecule has 22 heavy (non-hydrogen) atoms. The molecule has 2 aromatic heterocycles.